The third-order valence-corrected chi connectivity index (χ3v) is 4.19. The van der Waals surface area contributed by atoms with Crippen molar-refractivity contribution in [2.75, 3.05) is 25.6 Å². The van der Waals surface area contributed by atoms with Crippen molar-refractivity contribution >= 4 is 12.6 Å². The number of fused-ring (bicyclic) bond motifs is 1. The summed E-state index contributed by atoms with van der Waals surface area (Å²) in [5, 5.41) is 0. The maximum absolute atomic E-state index is 5.63. The van der Waals surface area contributed by atoms with Gasteiger partial charge in [0, 0.05) is 5.75 Å². The van der Waals surface area contributed by atoms with Crippen LogP contribution < -0.4 is 4.74 Å². The largest absolute Gasteiger partial charge is 0.493 e. The van der Waals surface area contributed by atoms with Gasteiger partial charge < -0.3 is 9.47 Å². The molecule has 16 heavy (non-hydrogen) atoms. The van der Waals surface area contributed by atoms with Gasteiger partial charge in [0.1, 0.15) is 5.75 Å². The Bertz CT molecular complexity index is 393. The van der Waals surface area contributed by atoms with Gasteiger partial charge in [-0.1, -0.05) is 12.1 Å². The van der Waals surface area contributed by atoms with Crippen LogP contribution in [-0.4, -0.2) is 25.6 Å². The van der Waals surface area contributed by atoms with Crippen LogP contribution in [0.5, 0.6) is 5.75 Å². The first-order valence-corrected chi connectivity index (χ1v) is 6.42. The normalized spacial score (nSPS) is 21.8. The molecule has 86 valence electrons. The molecule has 0 aliphatic carbocycles. The second kappa shape index (κ2) is 3.97. The number of benzene rings is 1. The van der Waals surface area contributed by atoms with E-state index in [4.69, 9.17) is 9.47 Å². The molecule has 0 saturated carbocycles. The summed E-state index contributed by atoms with van der Waals surface area (Å²) in [6, 6.07) is 6.56. The highest BCUT2D eigenvalue weighted by atomic mass is 32.1. The van der Waals surface area contributed by atoms with Crippen LogP contribution in [0.1, 0.15) is 17.5 Å². The second-order valence-electron chi connectivity index (χ2n) is 4.71. The molecule has 2 aliphatic rings. The van der Waals surface area contributed by atoms with E-state index in [0.717, 1.165) is 44.2 Å². The molecule has 0 radical (unpaired) electrons. The van der Waals surface area contributed by atoms with Crippen LogP contribution in [-0.2, 0) is 16.6 Å². The summed E-state index contributed by atoms with van der Waals surface area (Å²) in [6.07, 6.45) is 2.26. The Kier molecular flexibility index (Phi) is 2.60. The summed E-state index contributed by atoms with van der Waals surface area (Å²) < 4.78 is 11.0. The Hall–Kier alpha value is -0.670. The molecule has 3 heteroatoms. The minimum atomic E-state index is 0.148. The fraction of sp³-hybridized carbons (Fsp3) is 0.538. The van der Waals surface area contributed by atoms with Crippen molar-refractivity contribution in [2.45, 2.75) is 18.3 Å². The van der Waals surface area contributed by atoms with Crippen molar-refractivity contribution in [1.82, 2.24) is 0 Å². The molecule has 1 saturated heterocycles. The number of rotatable bonds is 2. The number of hydrogen-bond acceptors (Lipinski definition) is 3. The average molecular weight is 236 g/mol. The van der Waals surface area contributed by atoms with Crippen LogP contribution >= 0.6 is 12.6 Å². The smallest absolute Gasteiger partial charge is 0.122 e. The SMILES string of the molecule is SCC1(c2ccc3c(c2)CCCO3)COC1. The van der Waals surface area contributed by atoms with Crippen LogP contribution in [0.2, 0.25) is 0 Å². The molecule has 0 aromatic heterocycles. The van der Waals surface area contributed by atoms with Gasteiger partial charge in [0.2, 0.25) is 0 Å². The molecule has 1 aromatic carbocycles. The van der Waals surface area contributed by atoms with Gasteiger partial charge in [-0.25, -0.2) is 0 Å². The maximum atomic E-state index is 5.63. The highest BCUT2D eigenvalue weighted by molar-refractivity contribution is 7.80. The zero-order valence-electron chi connectivity index (χ0n) is 9.24. The van der Waals surface area contributed by atoms with E-state index in [-0.39, 0.29) is 5.41 Å². The van der Waals surface area contributed by atoms with Gasteiger partial charge in [-0.2, -0.15) is 12.6 Å². The van der Waals surface area contributed by atoms with Crippen molar-refractivity contribution in [3.8, 4) is 5.75 Å². The Morgan fingerprint density at radius 2 is 2.19 bits per heavy atom. The van der Waals surface area contributed by atoms with Crippen LogP contribution in [0.15, 0.2) is 18.2 Å². The van der Waals surface area contributed by atoms with Crippen molar-refractivity contribution in [2.24, 2.45) is 0 Å². The minimum absolute atomic E-state index is 0.148. The van der Waals surface area contributed by atoms with Crippen LogP contribution in [0.25, 0.3) is 0 Å². The quantitative estimate of drug-likeness (QED) is 0.794. The molecule has 0 atom stereocenters. The first kappa shape index (κ1) is 10.5. The topological polar surface area (TPSA) is 18.5 Å². The van der Waals surface area contributed by atoms with E-state index in [2.05, 4.69) is 30.8 Å². The van der Waals surface area contributed by atoms with Crippen LogP contribution in [0.4, 0.5) is 0 Å². The maximum Gasteiger partial charge on any atom is 0.122 e. The summed E-state index contributed by atoms with van der Waals surface area (Å²) in [5.74, 6) is 1.91. The van der Waals surface area contributed by atoms with Crippen molar-refractivity contribution < 1.29 is 9.47 Å². The molecule has 1 aromatic rings. The molecule has 0 bridgehead atoms. The second-order valence-corrected chi connectivity index (χ2v) is 5.02. The molecule has 1 fully saturated rings. The molecule has 3 rings (SSSR count). The monoisotopic (exact) mass is 236 g/mol. The molecule has 0 amide bonds. The Morgan fingerprint density at radius 3 is 2.88 bits per heavy atom. The Labute approximate surface area is 101 Å². The van der Waals surface area contributed by atoms with Crippen LogP contribution in [0.3, 0.4) is 0 Å². The van der Waals surface area contributed by atoms with Gasteiger partial charge in [-0.15, -0.1) is 0 Å². The summed E-state index contributed by atoms with van der Waals surface area (Å²) >= 11 is 4.46. The average Bonchev–Trinajstić information content (AvgIpc) is 2.28. The molecule has 0 N–H and O–H groups in total. The highest BCUT2D eigenvalue weighted by Gasteiger charge is 2.39. The van der Waals surface area contributed by atoms with E-state index in [1.54, 1.807) is 0 Å². The summed E-state index contributed by atoms with van der Waals surface area (Å²) in [5.41, 5.74) is 2.85. The van der Waals surface area contributed by atoms with Crippen molar-refractivity contribution in [3.63, 3.8) is 0 Å². The Morgan fingerprint density at radius 1 is 1.31 bits per heavy atom. The van der Waals surface area contributed by atoms with Gasteiger partial charge in [-0.3, -0.25) is 0 Å². The molecule has 0 spiro atoms. The fourth-order valence-electron chi connectivity index (χ4n) is 2.39. The van der Waals surface area contributed by atoms with E-state index in [1.807, 2.05) is 0 Å². The highest BCUT2D eigenvalue weighted by Crippen LogP contribution is 2.36. The number of aryl methyl sites for hydroxylation is 1. The molecule has 2 nitrogen and oxygen atoms in total. The lowest BCUT2D eigenvalue weighted by Crippen LogP contribution is -2.48. The summed E-state index contributed by atoms with van der Waals surface area (Å²) in [6.45, 7) is 2.46. The number of ether oxygens (including phenoxy) is 2. The minimum Gasteiger partial charge on any atom is -0.493 e. The Balaban J connectivity index is 1.96. The first-order valence-electron chi connectivity index (χ1n) is 5.79. The van der Waals surface area contributed by atoms with E-state index in [0.29, 0.717) is 0 Å². The fourth-order valence-corrected chi connectivity index (χ4v) is 2.75. The van der Waals surface area contributed by atoms with Gasteiger partial charge in [0.25, 0.3) is 0 Å². The predicted octanol–water partition coefficient (Wildman–Crippen LogP) is 2.21. The lowest BCUT2D eigenvalue weighted by atomic mass is 9.79. The lowest BCUT2D eigenvalue weighted by molar-refractivity contribution is -0.0471. The number of hydrogen-bond donors (Lipinski definition) is 1. The molecular formula is C13H16O2S. The lowest BCUT2D eigenvalue weighted by Gasteiger charge is -2.41. The molecule has 2 heterocycles. The molecular weight excluding hydrogens is 220 g/mol. The van der Waals surface area contributed by atoms with Crippen molar-refractivity contribution in [1.29, 1.82) is 0 Å². The summed E-state index contributed by atoms with van der Waals surface area (Å²) in [4.78, 5) is 0. The van der Waals surface area contributed by atoms with Gasteiger partial charge >= 0.3 is 0 Å². The van der Waals surface area contributed by atoms with Gasteiger partial charge in [0.15, 0.2) is 0 Å². The zero-order chi connectivity index (χ0) is 11.0. The van der Waals surface area contributed by atoms with Gasteiger partial charge in [0.05, 0.1) is 25.2 Å². The third kappa shape index (κ3) is 1.54. The number of thiol groups is 1. The zero-order valence-corrected chi connectivity index (χ0v) is 10.1. The third-order valence-electron chi connectivity index (χ3n) is 3.58. The van der Waals surface area contributed by atoms with Gasteiger partial charge in [-0.05, 0) is 30.0 Å². The van der Waals surface area contributed by atoms with Crippen LogP contribution in [0, 0.1) is 0 Å². The summed E-state index contributed by atoms with van der Waals surface area (Å²) in [7, 11) is 0. The molecule has 2 aliphatic heterocycles. The molecule has 0 unspecified atom stereocenters. The van der Waals surface area contributed by atoms with E-state index < -0.39 is 0 Å². The van der Waals surface area contributed by atoms with E-state index in [9.17, 15) is 0 Å². The first-order chi connectivity index (χ1) is 7.84. The van der Waals surface area contributed by atoms with E-state index >= 15 is 0 Å². The standard InChI is InChI=1S/C13H16O2S/c16-9-13(7-14-8-13)11-3-4-12-10(6-11)2-1-5-15-12/h3-4,6,16H,1-2,5,7-9H2. The van der Waals surface area contributed by atoms with E-state index in [1.165, 1.54) is 11.1 Å². The predicted molar refractivity (Wildman–Crippen MR) is 66.6 cm³/mol. The van der Waals surface area contributed by atoms with Crippen molar-refractivity contribution in [3.05, 3.63) is 29.3 Å².